The molecule has 4 aromatic rings. The average molecular weight is 521 g/mol. The van der Waals surface area contributed by atoms with Gasteiger partial charge < -0.3 is 24.4 Å². The molecule has 1 N–H and O–H groups in total. The third-order valence-electron chi connectivity index (χ3n) is 6.23. The number of fused-ring (bicyclic) bond motifs is 1. The number of nitrogens with zero attached hydrogens (tertiary/aromatic N) is 7. The molecule has 38 heavy (non-hydrogen) atoms. The van der Waals surface area contributed by atoms with Crippen molar-refractivity contribution in [1.82, 2.24) is 34.5 Å². The van der Waals surface area contributed by atoms with Crippen molar-refractivity contribution in [3.8, 4) is 22.9 Å². The number of nitrogens with one attached hydrogen (secondary N) is 1. The van der Waals surface area contributed by atoms with Gasteiger partial charge in [-0.1, -0.05) is 0 Å². The predicted octanol–water partition coefficient (Wildman–Crippen LogP) is 3.97. The second kappa shape index (κ2) is 9.84. The number of hydrogen-bond acceptors (Lipinski definition) is 9. The van der Waals surface area contributed by atoms with Crippen molar-refractivity contribution in [2.45, 2.75) is 45.8 Å². The number of hydrogen-bond donors (Lipinski definition) is 1. The van der Waals surface area contributed by atoms with Gasteiger partial charge in [0.2, 0.25) is 5.88 Å². The quantitative estimate of drug-likeness (QED) is 0.386. The van der Waals surface area contributed by atoms with Gasteiger partial charge in [-0.3, -0.25) is 4.68 Å². The zero-order valence-corrected chi connectivity index (χ0v) is 22.4. The molecule has 1 amide bonds. The normalized spacial score (nSPS) is 15.3. The highest BCUT2D eigenvalue weighted by molar-refractivity contribution is 5.73. The fraction of sp³-hybridized carbons (Fsp3) is 0.423. The highest BCUT2D eigenvalue weighted by Crippen LogP contribution is 2.32. The first-order valence-corrected chi connectivity index (χ1v) is 12.4. The molecule has 1 atom stereocenters. The molecule has 0 aromatic carbocycles. The second-order valence-corrected chi connectivity index (χ2v) is 10.3. The molecule has 0 unspecified atom stereocenters. The number of pyridine rings is 1. The molecule has 1 saturated heterocycles. The van der Waals surface area contributed by atoms with Crippen molar-refractivity contribution in [3.63, 3.8) is 0 Å². The Kier molecular flexibility index (Phi) is 6.55. The summed E-state index contributed by atoms with van der Waals surface area (Å²) in [7, 11) is 3.44. The summed E-state index contributed by atoms with van der Waals surface area (Å²) in [5, 5.41) is 20.4. The van der Waals surface area contributed by atoms with Gasteiger partial charge in [0.25, 0.3) is 0 Å². The molecule has 1 aliphatic heterocycles. The summed E-state index contributed by atoms with van der Waals surface area (Å²) >= 11 is 0. The van der Waals surface area contributed by atoms with Crippen LogP contribution in [0.2, 0.25) is 0 Å². The Hall–Kier alpha value is -4.35. The van der Waals surface area contributed by atoms with Gasteiger partial charge in [0.05, 0.1) is 24.9 Å². The second-order valence-electron chi connectivity index (χ2n) is 10.3. The largest absolute Gasteiger partial charge is 0.487 e. The molecule has 0 bridgehead atoms. The van der Waals surface area contributed by atoms with Crippen LogP contribution in [0.1, 0.15) is 32.8 Å². The third kappa shape index (κ3) is 5.20. The zero-order chi connectivity index (χ0) is 27.0. The van der Waals surface area contributed by atoms with Crippen molar-refractivity contribution in [2.75, 3.05) is 25.6 Å². The summed E-state index contributed by atoms with van der Waals surface area (Å²) in [6.07, 6.45) is 4.14. The van der Waals surface area contributed by atoms with Crippen LogP contribution in [0.4, 0.5) is 16.4 Å². The smallest absolute Gasteiger partial charge is 0.410 e. The van der Waals surface area contributed by atoms with E-state index in [0.29, 0.717) is 36.4 Å². The van der Waals surface area contributed by atoms with E-state index >= 15 is 0 Å². The minimum Gasteiger partial charge on any atom is -0.487 e. The summed E-state index contributed by atoms with van der Waals surface area (Å²) < 4.78 is 20.4. The summed E-state index contributed by atoms with van der Waals surface area (Å²) in [5.74, 6) is 2.34. The van der Waals surface area contributed by atoms with Crippen molar-refractivity contribution < 1.29 is 19.0 Å². The number of aryl methyl sites for hydroxylation is 2. The molecule has 0 radical (unpaired) electrons. The van der Waals surface area contributed by atoms with E-state index in [1.807, 2.05) is 65.2 Å². The van der Waals surface area contributed by atoms with Crippen molar-refractivity contribution in [2.24, 2.45) is 7.05 Å². The van der Waals surface area contributed by atoms with Crippen molar-refractivity contribution in [1.29, 1.82) is 0 Å². The van der Waals surface area contributed by atoms with E-state index in [2.05, 4.69) is 25.7 Å². The zero-order valence-electron chi connectivity index (χ0n) is 22.4. The van der Waals surface area contributed by atoms with E-state index in [1.165, 1.54) is 0 Å². The van der Waals surface area contributed by atoms with Gasteiger partial charge in [0, 0.05) is 37.0 Å². The van der Waals surface area contributed by atoms with Gasteiger partial charge in [-0.25, -0.2) is 9.31 Å². The number of carbonyl (C=O) groups excluding carboxylic acids is 1. The summed E-state index contributed by atoms with van der Waals surface area (Å²) in [6, 6.07) is 7.72. The summed E-state index contributed by atoms with van der Waals surface area (Å²) in [4.78, 5) is 14.2. The van der Waals surface area contributed by atoms with Gasteiger partial charge in [0.15, 0.2) is 17.4 Å². The van der Waals surface area contributed by atoms with E-state index in [-0.39, 0.29) is 12.1 Å². The molecule has 5 rings (SSSR count). The number of anilines is 2. The van der Waals surface area contributed by atoms with Gasteiger partial charge >= 0.3 is 6.09 Å². The Morgan fingerprint density at radius 2 is 2.00 bits per heavy atom. The van der Waals surface area contributed by atoms with Gasteiger partial charge in [-0.15, -0.1) is 10.2 Å². The van der Waals surface area contributed by atoms with E-state index in [1.54, 1.807) is 27.4 Å². The maximum Gasteiger partial charge on any atom is 0.410 e. The lowest BCUT2D eigenvalue weighted by Gasteiger charge is -2.40. The lowest BCUT2D eigenvalue weighted by molar-refractivity contribution is -0.0141. The standard InChI is InChI=1S/C26H32N8O4/c1-16-11-21(29-30-24(16)36-6)28-22-13-19-12-17(7-10-34(19)31-22)23-20(14-27-32(23)5)37-15-18-8-9-33(18)25(35)38-26(2,3)4/h7,10-14,18H,8-9,15H2,1-6H3,(H,28,29,31)/t18-/m1/s1. The maximum absolute atomic E-state index is 12.4. The van der Waals surface area contributed by atoms with E-state index in [9.17, 15) is 4.79 Å². The molecular weight excluding hydrogens is 488 g/mol. The van der Waals surface area contributed by atoms with Crippen LogP contribution >= 0.6 is 0 Å². The van der Waals surface area contributed by atoms with Gasteiger partial charge in [-0.05, 0) is 52.3 Å². The predicted molar refractivity (Wildman–Crippen MR) is 141 cm³/mol. The van der Waals surface area contributed by atoms with Gasteiger partial charge in [0.1, 0.15) is 17.9 Å². The van der Waals surface area contributed by atoms with E-state index < -0.39 is 5.60 Å². The molecule has 12 heteroatoms. The van der Waals surface area contributed by atoms with E-state index in [0.717, 1.165) is 28.8 Å². The van der Waals surface area contributed by atoms with Gasteiger partial charge in [-0.2, -0.15) is 10.2 Å². The SMILES string of the molecule is COc1nnc(Nc2cc3cc(-c4c(OC[C@H]5CCN5C(=O)OC(C)(C)C)cnn4C)ccn3n2)cc1C. The van der Waals surface area contributed by atoms with Crippen LogP contribution in [0.25, 0.3) is 16.8 Å². The Morgan fingerprint density at radius 3 is 2.68 bits per heavy atom. The third-order valence-corrected chi connectivity index (χ3v) is 6.23. The molecule has 5 heterocycles. The fourth-order valence-electron chi connectivity index (χ4n) is 4.28. The molecule has 0 aliphatic carbocycles. The average Bonchev–Trinajstić information content (AvgIpc) is 3.39. The van der Waals surface area contributed by atoms with Crippen LogP contribution in [0, 0.1) is 6.92 Å². The molecular formula is C26H32N8O4. The molecule has 1 fully saturated rings. The Labute approximate surface area is 220 Å². The van der Waals surface area contributed by atoms with Crippen LogP contribution in [0.5, 0.6) is 11.6 Å². The molecule has 200 valence electrons. The van der Waals surface area contributed by atoms with Crippen LogP contribution in [-0.2, 0) is 11.8 Å². The van der Waals surface area contributed by atoms with Crippen LogP contribution < -0.4 is 14.8 Å². The van der Waals surface area contributed by atoms with E-state index in [4.69, 9.17) is 14.2 Å². The first-order valence-electron chi connectivity index (χ1n) is 12.4. The highest BCUT2D eigenvalue weighted by Gasteiger charge is 2.36. The lowest BCUT2D eigenvalue weighted by atomic mass is 10.1. The molecule has 1 aliphatic rings. The number of amides is 1. The number of methoxy groups -OCH3 is 1. The molecule has 0 spiro atoms. The molecule has 4 aromatic heterocycles. The van der Waals surface area contributed by atoms with Crippen molar-refractivity contribution in [3.05, 3.63) is 42.2 Å². The minimum absolute atomic E-state index is 0.0338. The topological polar surface area (TPSA) is 121 Å². The number of likely N-dealkylation sites (tertiary alicyclic amines) is 1. The van der Waals surface area contributed by atoms with Crippen LogP contribution in [0.3, 0.4) is 0 Å². The number of ether oxygens (including phenoxy) is 3. The maximum atomic E-state index is 12.4. The monoisotopic (exact) mass is 520 g/mol. The summed E-state index contributed by atoms with van der Waals surface area (Å²) in [6.45, 7) is 8.53. The fourth-order valence-corrected chi connectivity index (χ4v) is 4.28. The number of carbonyl (C=O) groups is 1. The number of rotatable bonds is 7. The molecule has 12 nitrogen and oxygen atoms in total. The summed E-state index contributed by atoms with van der Waals surface area (Å²) in [5.41, 5.74) is 2.98. The Balaban J connectivity index is 1.30. The Morgan fingerprint density at radius 1 is 1.18 bits per heavy atom. The first kappa shape index (κ1) is 25.3. The Bertz CT molecular complexity index is 1470. The minimum atomic E-state index is -0.530. The first-order chi connectivity index (χ1) is 18.1. The van der Waals surface area contributed by atoms with Crippen molar-refractivity contribution >= 4 is 23.2 Å². The molecule has 0 saturated carbocycles. The van der Waals surface area contributed by atoms with Crippen LogP contribution in [-0.4, -0.2) is 72.5 Å². The number of aromatic nitrogens is 6. The lowest BCUT2D eigenvalue weighted by Crippen LogP contribution is -2.55. The highest BCUT2D eigenvalue weighted by atomic mass is 16.6. The van der Waals surface area contributed by atoms with Crippen LogP contribution in [0.15, 0.2) is 36.7 Å².